The molecule has 6 nitrogen and oxygen atoms in total. The number of fused-ring (bicyclic) bond motifs is 2. The van der Waals surface area contributed by atoms with Gasteiger partial charge < -0.3 is 15.2 Å². The zero-order valence-electron chi connectivity index (χ0n) is 19.5. The summed E-state index contributed by atoms with van der Waals surface area (Å²) in [6.07, 6.45) is 12.5. The topological polar surface area (TPSA) is 92.7 Å². The molecule has 0 aromatic rings. The van der Waals surface area contributed by atoms with Gasteiger partial charge >= 0.3 is 0 Å². The minimum Gasteiger partial charge on any atom is -0.492 e. The van der Waals surface area contributed by atoms with E-state index in [1.807, 2.05) is 19.9 Å². The quantitative estimate of drug-likeness (QED) is 0.476. The molecular weight excluding hydrogens is 406 g/mol. The summed E-state index contributed by atoms with van der Waals surface area (Å²) in [5, 5.41) is 13.1. The number of Topliss-reactive ketones (excluding diaryl/α,β-unsaturated/α-hetero) is 1. The molecule has 0 spiro atoms. The van der Waals surface area contributed by atoms with Crippen LogP contribution < -0.4 is 5.32 Å². The van der Waals surface area contributed by atoms with Gasteiger partial charge in [-0.05, 0) is 52.5 Å². The number of hydrogen-bond acceptors (Lipinski definition) is 5. The number of hydrogen-bond donors (Lipinski definition) is 2. The maximum Gasteiger partial charge on any atom is 0.251 e. The van der Waals surface area contributed by atoms with E-state index in [4.69, 9.17) is 4.74 Å². The average Bonchev–Trinajstić information content (AvgIpc) is 2.74. The monoisotopic (exact) mass is 439 g/mol. The molecule has 2 unspecified atom stereocenters. The van der Waals surface area contributed by atoms with Gasteiger partial charge in [-0.15, -0.1) is 0 Å². The summed E-state index contributed by atoms with van der Waals surface area (Å²) in [4.78, 5) is 38.1. The van der Waals surface area contributed by atoms with Crippen LogP contribution in [0.2, 0.25) is 0 Å². The predicted molar refractivity (Wildman–Crippen MR) is 124 cm³/mol. The van der Waals surface area contributed by atoms with E-state index >= 15 is 0 Å². The molecule has 6 heteroatoms. The molecule has 2 rings (SSSR count). The van der Waals surface area contributed by atoms with Crippen LogP contribution in [-0.4, -0.2) is 35.8 Å². The van der Waals surface area contributed by atoms with E-state index < -0.39 is 23.6 Å². The third-order valence-electron chi connectivity index (χ3n) is 5.61. The molecule has 0 fully saturated rings. The summed E-state index contributed by atoms with van der Waals surface area (Å²) in [6.45, 7) is 7.52. The Morgan fingerprint density at radius 2 is 1.78 bits per heavy atom. The number of aliphatic hydroxyl groups excluding tert-OH is 1. The summed E-state index contributed by atoms with van der Waals surface area (Å²) in [5.74, 6) is -1.47. The van der Waals surface area contributed by atoms with Crippen molar-refractivity contribution >= 4 is 17.5 Å². The van der Waals surface area contributed by atoms with Crippen LogP contribution in [0.5, 0.6) is 0 Å². The minimum atomic E-state index is -0.522. The van der Waals surface area contributed by atoms with Crippen LogP contribution in [0.25, 0.3) is 0 Å². The largest absolute Gasteiger partial charge is 0.492 e. The van der Waals surface area contributed by atoms with Crippen molar-refractivity contribution in [3.63, 3.8) is 0 Å². The fraction of sp³-hybridized carbons (Fsp3) is 0.423. The summed E-state index contributed by atoms with van der Waals surface area (Å²) < 4.78 is 5.19. The molecule has 2 atom stereocenters. The van der Waals surface area contributed by atoms with E-state index in [1.54, 1.807) is 25.2 Å². The number of amides is 1. The van der Waals surface area contributed by atoms with Crippen molar-refractivity contribution in [2.45, 2.75) is 59.5 Å². The summed E-state index contributed by atoms with van der Waals surface area (Å²) in [5.41, 5.74) is 2.46. The second-order valence-corrected chi connectivity index (χ2v) is 8.44. The van der Waals surface area contributed by atoms with Gasteiger partial charge in [-0.2, -0.15) is 0 Å². The zero-order chi connectivity index (χ0) is 23.8. The number of allylic oxidation sites excluding steroid dienone is 8. The van der Waals surface area contributed by atoms with Crippen LogP contribution in [0, 0.1) is 5.92 Å². The molecule has 0 saturated heterocycles. The maximum atomic E-state index is 13.0. The molecule has 172 valence electrons. The van der Waals surface area contributed by atoms with Crippen molar-refractivity contribution in [2.24, 2.45) is 5.92 Å². The van der Waals surface area contributed by atoms with Gasteiger partial charge in [-0.25, -0.2) is 0 Å². The van der Waals surface area contributed by atoms with Gasteiger partial charge in [0.2, 0.25) is 11.6 Å². The van der Waals surface area contributed by atoms with Crippen molar-refractivity contribution in [3.05, 3.63) is 70.2 Å². The Kier molecular flexibility index (Phi) is 9.14. The molecule has 32 heavy (non-hydrogen) atoms. The van der Waals surface area contributed by atoms with Crippen LogP contribution >= 0.6 is 0 Å². The molecule has 1 amide bonds. The van der Waals surface area contributed by atoms with Crippen LogP contribution in [0.1, 0.15) is 53.4 Å². The molecule has 1 aliphatic carbocycles. The van der Waals surface area contributed by atoms with Gasteiger partial charge in [0.1, 0.15) is 0 Å². The molecule has 2 bridgehead atoms. The van der Waals surface area contributed by atoms with Crippen molar-refractivity contribution in [1.82, 2.24) is 5.32 Å². The number of carbonyl (C=O) groups excluding carboxylic acids is 3. The third kappa shape index (κ3) is 6.76. The molecule has 0 aromatic heterocycles. The number of methoxy groups -OCH3 is 1. The Labute approximate surface area is 190 Å². The van der Waals surface area contributed by atoms with Gasteiger partial charge in [0.05, 0.1) is 24.5 Å². The summed E-state index contributed by atoms with van der Waals surface area (Å²) >= 11 is 0. The van der Waals surface area contributed by atoms with E-state index in [1.165, 1.54) is 12.7 Å². The lowest BCUT2D eigenvalue weighted by Gasteiger charge is -2.19. The SMILES string of the molecule is COC1=C2/C=C(/C)CCC(O)C(C)/C=C(\C)CC/C=C\C=C(/C)C(=O)NC(=CC1=O)C2=O. The first kappa shape index (κ1) is 25.3. The Morgan fingerprint density at radius 1 is 1.06 bits per heavy atom. The summed E-state index contributed by atoms with van der Waals surface area (Å²) in [6, 6.07) is 0. The highest BCUT2D eigenvalue weighted by Crippen LogP contribution is 2.24. The number of aliphatic hydroxyl groups is 1. The second kappa shape index (κ2) is 11.6. The van der Waals surface area contributed by atoms with Crippen LogP contribution in [0.15, 0.2) is 70.2 Å². The van der Waals surface area contributed by atoms with Crippen LogP contribution in [0.4, 0.5) is 0 Å². The highest BCUT2D eigenvalue weighted by atomic mass is 16.5. The molecule has 0 radical (unpaired) electrons. The average molecular weight is 440 g/mol. The van der Waals surface area contributed by atoms with Crippen molar-refractivity contribution in [1.29, 1.82) is 0 Å². The molecule has 1 aliphatic heterocycles. The standard InChI is InChI=1S/C26H33NO5/c1-16-9-7-6-8-10-18(3)26(31)27-21-15-23(29)25(32-5)20(24(21)30)14-17(2)11-12-22(28)19(4)13-16/h6,8,10,13-15,19,22,28H,7,9,11-12H2,1-5H3,(H,27,31)/b8-6-,16-13+,17-14-,18-10+. The maximum absolute atomic E-state index is 13.0. The predicted octanol–water partition coefficient (Wildman–Crippen LogP) is 4.00. The zero-order valence-corrected chi connectivity index (χ0v) is 19.5. The Hall–Kier alpha value is -2.99. The lowest BCUT2D eigenvalue weighted by atomic mass is 9.93. The first-order chi connectivity index (χ1) is 15.1. The van der Waals surface area contributed by atoms with Gasteiger partial charge in [0.15, 0.2) is 5.76 Å². The molecule has 2 N–H and O–H groups in total. The molecular formula is C26H33NO5. The third-order valence-corrected chi connectivity index (χ3v) is 5.61. The number of ketones is 2. The fourth-order valence-electron chi connectivity index (χ4n) is 3.59. The second-order valence-electron chi connectivity index (χ2n) is 8.44. The molecule has 0 saturated carbocycles. The smallest absolute Gasteiger partial charge is 0.251 e. The first-order valence-corrected chi connectivity index (χ1v) is 10.9. The van der Waals surface area contributed by atoms with E-state index in [9.17, 15) is 19.5 Å². The molecule has 0 aromatic carbocycles. The Balaban J connectivity index is 2.43. The highest BCUT2D eigenvalue weighted by Gasteiger charge is 2.29. The lowest BCUT2D eigenvalue weighted by Crippen LogP contribution is -2.32. The lowest BCUT2D eigenvalue weighted by molar-refractivity contribution is -0.120. The molecule has 1 heterocycles. The van der Waals surface area contributed by atoms with Gasteiger partial charge in [-0.3, -0.25) is 14.4 Å². The number of ether oxygens (including phenoxy) is 1. The number of nitrogens with one attached hydrogen (secondary N) is 1. The van der Waals surface area contributed by atoms with Crippen LogP contribution in [0.3, 0.4) is 0 Å². The highest BCUT2D eigenvalue weighted by molar-refractivity contribution is 6.24. The van der Waals surface area contributed by atoms with Gasteiger partial charge in [0, 0.05) is 17.6 Å². The van der Waals surface area contributed by atoms with Gasteiger partial charge in [-0.1, -0.05) is 42.4 Å². The van der Waals surface area contributed by atoms with E-state index in [2.05, 4.69) is 18.3 Å². The number of carbonyl (C=O) groups is 3. The van der Waals surface area contributed by atoms with E-state index in [0.717, 1.165) is 24.5 Å². The van der Waals surface area contributed by atoms with Crippen LogP contribution in [-0.2, 0) is 19.1 Å². The normalized spacial score (nSPS) is 30.2. The Bertz CT molecular complexity index is 959. The van der Waals surface area contributed by atoms with Crippen molar-refractivity contribution in [3.8, 4) is 0 Å². The summed E-state index contributed by atoms with van der Waals surface area (Å²) in [7, 11) is 1.34. The Morgan fingerprint density at radius 3 is 2.47 bits per heavy atom. The fourth-order valence-corrected chi connectivity index (χ4v) is 3.59. The number of rotatable bonds is 1. The van der Waals surface area contributed by atoms with E-state index in [0.29, 0.717) is 18.4 Å². The molecule has 2 aliphatic rings. The van der Waals surface area contributed by atoms with Gasteiger partial charge in [0.25, 0.3) is 5.91 Å². The van der Waals surface area contributed by atoms with E-state index in [-0.39, 0.29) is 22.9 Å². The van der Waals surface area contributed by atoms with Crippen molar-refractivity contribution < 1.29 is 24.2 Å². The first-order valence-electron chi connectivity index (χ1n) is 10.9. The minimum absolute atomic E-state index is 0.000923. The van der Waals surface area contributed by atoms with Crippen molar-refractivity contribution in [2.75, 3.05) is 7.11 Å².